The maximum Gasteiger partial charge on any atom is 0.231 e. The minimum absolute atomic E-state index is 0. The molecule has 2 aromatic carbocycles. The summed E-state index contributed by atoms with van der Waals surface area (Å²) in [6.45, 7) is 1.29. The van der Waals surface area contributed by atoms with E-state index in [2.05, 4.69) is 52.5 Å². The van der Waals surface area contributed by atoms with Crippen LogP contribution in [-0.4, -0.2) is 18.2 Å². The molecule has 7 heteroatoms. The van der Waals surface area contributed by atoms with Crippen molar-refractivity contribution >= 4 is 12.4 Å². The van der Waals surface area contributed by atoms with Crippen LogP contribution in [0.3, 0.4) is 0 Å². The molecule has 6 rings (SSSR count). The molecule has 3 aliphatic heterocycles. The van der Waals surface area contributed by atoms with E-state index in [1.807, 2.05) is 6.07 Å². The van der Waals surface area contributed by atoms with Crippen molar-refractivity contribution in [2.24, 2.45) is 0 Å². The standard InChI is InChI=1S/C20H16N2O4.ClH/c1-2-14-20(12-3-4-16-17(6-12)24-10-23-16)21-9-13-7-18-19(26-11-25-18)8-15(13)22(14)5-1;/h1-8,20-21H,9-11H2;1H. The zero-order valence-corrected chi connectivity index (χ0v) is 15.1. The van der Waals surface area contributed by atoms with Crippen molar-refractivity contribution in [3.63, 3.8) is 0 Å². The maximum atomic E-state index is 5.57. The molecule has 0 amide bonds. The fourth-order valence-corrected chi connectivity index (χ4v) is 3.89. The van der Waals surface area contributed by atoms with Gasteiger partial charge in [0.05, 0.1) is 11.7 Å². The van der Waals surface area contributed by atoms with Gasteiger partial charge in [-0.15, -0.1) is 12.4 Å². The van der Waals surface area contributed by atoms with E-state index in [4.69, 9.17) is 18.9 Å². The Balaban J connectivity index is 0.00000160. The number of nitrogens with zero attached hydrogens (tertiary/aromatic N) is 1. The Bertz CT molecular complexity index is 1030. The number of halogens is 1. The summed E-state index contributed by atoms with van der Waals surface area (Å²) >= 11 is 0. The lowest BCUT2D eigenvalue weighted by Gasteiger charge is -2.18. The first-order chi connectivity index (χ1) is 12.9. The van der Waals surface area contributed by atoms with Crippen LogP contribution >= 0.6 is 12.4 Å². The number of nitrogens with one attached hydrogen (secondary N) is 1. The Morgan fingerprint density at radius 3 is 2.44 bits per heavy atom. The first kappa shape index (κ1) is 16.4. The van der Waals surface area contributed by atoms with Crippen molar-refractivity contribution in [3.05, 3.63) is 65.5 Å². The summed E-state index contributed by atoms with van der Waals surface area (Å²) in [4.78, 5) is 0. The van der Waals surface area contributed by atoms with Crippen LogP contribution in [0.5, 0.6) is 23.0 Å². The number of ether oxygens (including phenoxy) is 4. The number of rotatable bonds is 1. The molecule has 0 saturated heterocycles. The van der Waals surface area contributed by atoms with Crippen LogP contribution in [0.4, 0.5) is 0 Å². The van der Waals surface area contributed by atoms with Gasteiger partial charge in [0.1, 0.15) is 0 Å². The molecule has 3 aliphatic rings. The van der Waals surface area contributed by atoms with Crippen molar-refractivity contribution in [1.29, 1.82) is 0 Å². The molecule has 27 heavy (non-hydrogen) atoms. The normalized spacial score (nSPS) is 18.3. The first-order valence-electron chi connectivity index (χ1n) is 8.60. The van der Waals surface area contributed by atoms with Crippen molar-refractivity contribution in [3.8, 4) is 28.7 Å². The molecular formula is C20H17ClN2O4. The highest BCUT2D eigenvalue weighted by Crippen LogP contribution is 2.41. The molecule has 138 valence electrons. The minimum atomic E-state index is 0. The SMILES string of the molecule is Cl.c1cc2n(c1)-c1cc3c(cc1CNC2c1ccc2c(c1)OCO2)OCO3. The summed E-state index contributed by atoms with van der Waals surface area (Å²) in [6, 6.07) is 14.5. The van der Waals surface area contributed by atoms with E-state index in [9.17, 15) is 0 Å². The third kappa shape index (κ3) is 2.44. The molecule has 1 N–H and O–H groups in total. The number of aromatic nitrogens is 1. The van der Waals surface area contributed by atoms with Crippen molar-refractivity contribution in [1.82, 2.24) is 9.88 Å². The van der Waals surface area contributed by atoms with Crippen LogP contribution in [0, 0.1) is 0 Å². The maximum absolute atomic E-state index is 5.57. The summed E-state index contributed by atoms with van der Waals surface area (Å²) in [5, 5.41) is 3.67. The molecule has 0 radical (unpaired) electrons. The summed E-state index contributed by atoms with van der Waals surface area (Å²) < 4.78 is 24.3. The van der Waals surface area contributed by atoms with E-state index in [0.717, 1.165) is 40.8 Å². The Morgan fingerprint density at radius 2 is 1.59 bits per heavy atom. The Morgan fingerprint density at radius 1 is 0.852 bits per heavy atom. The van der Waals surface area contributed by atoms with Gasteiger partial charge < -0.3 is 28.8 Å². The van der Waals surface area contributed by atoms with Crippen molar-refractivity contribution in [2.75, 3.05) is 13.6 Å². The molecule has 1 unspecified atom stereocenters. The third-order valence-corrected chi connectivity index (χ3v) is 5.14. The predicted octanol–water partition coefficient (Wildman–Crippen LogP) is 3.55. The monoisotopic (exact) mass is 384 g/mol. The second kappa shape index (κ2) is 6.11. The van der Waals surface area contributed by atoms with Crippen molar-refractivity contribution < 1.29 is 18.9 Å². The van der Waals surface area contributed by atoms with E-state index in [-0.39, 0.29) is 32.0 Å². The highest BCUT2D eigenvalue weighted by atomic mass is 35.5. The van der Waals surface area contributed by atoms with E-state index in [1.165, 1.54) is 11.3 Å². The minimum Gasteiger partial charge on any atom is -0.454 e. The molecule has 6 nitrogen and oxygen atoms in total. The second-order valence-electron chi connectivity index (χ2n) is 6.56. The number of hydrogen-bond donors (Lipinski definition) is 1. The highest BCUT2D eigenvalue weighted by Gasteiger charge is 2.27. The Kier molecular flexibility index (Phi) is 3.70. The van der Waals surface area contributed by atoms with Crippen LogP contribution in [0.15, 0.2) is 48.7 Å². The lowest BCUT2D eigenvalue weighted by Crippen LogP contribution is -2.21. The van der Waals surface area contributed by atoms with Crippen LogP contribution in [-0.2, 0) is 6.54 Å². The molecular weight excluding hydrogens is 368 g/mol. The van der Waals surface area contributed by atoms with Gasteiger partial charge in [-0.25, -0.2) is 0 Å². The first-order valence-corrected chi connectivity index (χ1v) is 8.60. The molecule has 4 heterocycles. The number of benzene rings is 2. The predicted molar refractivity (Wildman–Crippen MR) is 100 cm³/mol. The quantitative estimate of drug-likeness (QED) is 0.695. The van der Waals surface area contributed by atoms with Gasteiger partial charge >= 0.3 is 0 Å². The zero-order chi connectivity index (χ0) is 17.1. The summed E-state index contributed by atoms with van der Waals surface area (Å²) in [5.41, 5.74) is 4.60. The Hall–Kier alpha value is -2.83. The van der Waals surface area contributed by atoms with E-state index in [1.54, 1.807) is 0 Å². The van der Waals surface area contributed by atoms with Gasteiger partial charge in [0, 0.05) is 24.5 Å². The molecule has 0 aliphatic carbocycles. The fourth-order valence-electron chi connectivity index (χ4n) is 3.89. The topological polar surface area (TPSA) is 53.9 Å². The lowest BCUT2D eigenvalue weighted by atomic mass is 10.0. The largest absolute Gasteiger partial charge is 0.454 e. The Labute approximate surface area is 162 Å². The average molecular weight is 385 g/mol. The van der Waals surface area contributed by atoms with Crippen molar-refractivity contribution in [2.45, 2.75) is 12.6 Å². The van der Waals surface area contributed by atoms with Crippen LogP contribution in [0.1, 0.15) is 22.9 Å². The summed E-state index contributed by atoms with van der Waals surface area (Å²) in [6.07, 6.45) is 2.09. The van der Waals surface area contributed by atoms with E-state index >= 15 is 0 Å². The summed E-state index contributed by atoms with van der Waals surface area (Å²) in [5.74, 6) is 3.20. The van der Waals surface area contributed by atoms with Crippen LogP contribution < -0.4 is 24.3 Å². The molecule has 0 fully saturated rings. The number of hydrogen-bond acceptors (Lipinski definition) is 5. The lowest BCUT2D eigenvalue weighted by molar-refractivity contribution is 0.173. The smallest absolute Gasteiger partial charge is 0.231 e. The van der Waals surface area contributed by atoms with Gasteiger partial charge in [-0.05, 0) is 41.5 Å². The van der Waals surface area contributed by atoms with E-state index < -0.39 is 0 Å². The van der Waals surface area contributed by atoms with Crippen LogP contribution in [0.2, 0.25) is 0 Å². The summed E-state index contributed by atoms with van der Waals surface area (Å²) in [7, 11) is 0. The molecule has 0 saturated carbocycles. The molecule has 3 aromatic rings. The molecule has 0 spiro atoms. The van der Waals surface area contributed by atoms with Gasteiger partial charge in [-0.1, -0.05) is 6.07 Å². The molecule has 0 bridgehead atoms. The highest BCUT2D eigenvalue weighted by molar-refractivity contribution is 5.85. The number of fused-ring (bicyclic) bond motifs is 5. The molecule has 1 aromatic heterocycles. The van der Waals surface area contributed by atoms with Gasteiger partial charge in [0.25, 0.3) is 0 Å². The van der Waals surface area contributed by atoms with Gasteiger partial charge in [-0.2, -0.15) is 0 Å². The van der Waals surface area contributed by atoms with E-state index in [0.29, 0.717) is 0 Å². The zero-order valence-electron chi connectivity index (χ0n) is 14.3. The average Bonchev–Trinajstić information content (AvgIpc) is 3.39. The van der Waals surface area contributed by atoms with Gasteiger partial charge in [-0.3, -0.25) is 0 Å². The molecule has 1 atom stereocenters. The second-order valence-corrected chi connectivity index (χ2v) is 6.56. The van der Waals surface area contributed by atoms with Gasteiger partial charge in [0.15, 0.2) is 23.0 Å². The third-order valence-electron chi connectivity index (χ3n) is 5.14. The van der Waals surface area contributed by atoms with Crippen LogP contribution in [0.25, 0.3) is 5.69 Å². The van der Waals surface area contributed by atoms with Gasteiger partial charge in [0.2, 0.25) is 13.6 Å². The fraction of sp³-hybridized carbons (Fsp3) is 0.200.